The second-order valence-corrected chi connectivity index (χ2v) is 5.57. The Labute approximate surface area is 131 Å². The van der Waals surface area contributed by atoms with Gasteiger partial charge >= 0.3 is 6.18 Å². The lowest BCUT2D eigenvalue weighted by atomic mass is 10.1. The molecule has 0 saturated heterocycles. The summed E-state index contributed by atoms with van der Waals surface area (Å²) in [5.41, 5.74) is 0.343. The molecule has 23 heavy (non-hydrogen) atoms. The topological polar surface area (TPSA) is 33.2 Å². The average Bonchev–Trinajstić information content (AvgIpc) is 3.37. The average molecular weight is 320 g/mol. The first-order valence-corrected chi connectivity index (χ1v) is 7.33. The Morgan fingerprint density at radius 3 is 2.35 bits per heavy atom. The van der Waals surface area contributed by atoms with E-state index >= 15 is 0 Å². The van der Waals surface area contributed by atoms with Crippen LogP contribution in [0, 0.1) is 0 Å². The number of benzene rings is 1. The number of hydrogen-bond donors (Lipinski definition) is 0. The largest absolute Gasteiger partial charge is 0.416 e. The van der Waals surface area contributed by atoms with Gasteiger partial charge in [0.1, 0.15) is 5.69 Å². The minimum atomic E-state index is -4.35. The highest BCUT2D eigenvalue weighted by molar-refractivity contribution is 5.92. The van der Waals surface area contributed by atoms with E-state index in [1.807, 2.05) is 0 Å². The summed E-state index contributed by atoms with van der Waals surface area (Å²) < 4.78 is 37.8. The van der Waals surface area contributed by atoms with Crippen LogP contribution in [0.3, 0.4) is 0 Å². The smallest absolute Gasteiger partial charge is 0.330 e. The van der Waals surface area contributed by atoms with E-state index in [9.17, 15) is 18.0 Å². The summed E-state index contributed by atoms with van der Waals surface area (Å²) in [5.74, 6) is -0.187. The van der Waals surface area contributed by atoms with E-state index in [0.717, 1.165) is 25.0 Å². The predicted molar refractivity (Wildman–Crippen MR) is 78.6 cm³/mol. The molecule has 0 bridgehead atoms. The van der Waals surface area contributed by atoms with Gasteiger partial charge in [-0.15, -0.1) is 0 Å². The van der Waals surface area contributed by atoms with Crippen molar-refractivity contribution in [1.82, 2.24) is 9.88 Å². The van der Waals surface area contributed by atoms with E-state index in [4.69, 9.17) is 0 Å². The molecule has 1 aliphatic rings. The van der Waals surface area contributed by atoms with E-state index in [0.29, 0.717) is 11.3 Å². The molecule has 0 radical (unpaired) electrons. The lowest BCUT2D eigenvalue weighted by Gasteiger charge is -2.22. The van der Waals surface area contributed by atoms with Crippen LogP contribution in [0.5, 0.6) is 0 Å². The van der Waals surface area contributed by atoms with E-state index < -0.39 is 11.7 Å². The number of rotatable bonds is 4. The first-order valence-electron chi connectivity index (χ1n) is 7.33. The van der Waals surface area contributed by atoms with E-state index in [1.54, 1.807) is 29.3 Å². The molecule has 0 unspecified atom stereocenters. The summed E-state index contributed by atoms with van der Waals surface area (Å²) >= 11 is 0. The summed E-state index contributed by atoms with van der Waals surface area (Å²) in [6, 6.07) is 10.2. The fraction of sp³-hybridized carbons (Fsp3) is 0.294. The van der Waals surface area contributed by atoms with Crippen molar-refractivity contribution in [3.63, 3.8) is 0 Å². The molecule has 2 aromatic rings. The Bertz CT molecular complexity index is 679. The molecule has 1 aliphatic carbocycles. The van der Waals surface area contributed by atoms with Gasteiger partial charge in [0.25, 0.3) is 5.91 Å². The van der Waals surface area contributed by atoms with Crippen molar-refractivity contribution in [2.45, 2.75) is 31.6 Å². The Hall–Kier alpha value is -2.37. The SMILES string of the molecule is O=C(c1ccccn1)N(Cc1ccc(C(F)(F)F)cc1)C1CC1. The predicted octanol–water partition coefficient (Wildman–Crippen LogP) is 3.91. The van der Waals surface area contributed by atoms with Crippen LogP contribution in [0.4, 0.5) is 13.2 Å². The molecule has 3 rings (SSSR count). The molecule has 120 valence electrons. The standard InChI is InChI=1S/C17H15F3N2O/c18-17(19,20)13-6-4-12(5-7-13)11-22(14-8-9-14)16(23)15-3-1-2-10-21-15/h1-7,10,14H,8-9,11H2. The van der Waals surface area contributed by atoms with E-state index in [1.165, 1.54) is 12.1 Å². The normalized spacial score (nSPS) is 14.6. The van der Waals surface area contributed by atoms with Gasteiger partial charge in [0.15, 0.2) is 0 Å². The molecule has 6 heteroatoms. The van der Waals surface area contributed by atoms with E-state index in [2.05, 4.69) is 4.98 Å². The molecule has 0 atom stereocenters. The molecule has 1 amide bonds. The highest BCUT2D eigenvalue weighted by Crippen LogP contribution is 2.31. The van der Waals surface area contributed by atoms with Gasteiger partial charge in [-0.05, 0) is 42.7 Å². The number of carbonyl (C=O) groups excluding carboxylic acids is 1. The molecule has 3 nitrogen and oxygen atoms in total. The quantitative estimate of drug-likeness (QED) is 0.856. The van der Waals surface area contributed by atoms with Crippen LogP contribution in [0.2, 0.25) is 0 Å². The molecule has 1 fully saturated rings. The Balaban J connectivity index is 1.77. The molecule has 1 aromatic carbocycles. The van der Waals surface area contributed by atoms with Crippen molar-refractivity contribution in [2.24, 2.45) is 0 Å². The Morgan fingerprint density at radius 1 is 1.13 bits per heavy atom. The number of alkyl halides is 3. The number of aromatic nitrogens is 1. The van der Waals surface area contributed by atoms with Crippen LogP contribution >= 0.6 is 0 Å². The van der Waals surface area contributed by atoms with Gasteiger partial charge < -0.3 is 4.90 Å². The Morgan fingerprint density at radius 2 is 1.83 bits per heavy atom. The van der Waals surface area contributed by atoms with Crippen molar-refractivity contribution in [1.29, 1.82) is 0 Å². The lowest BCUT2D eigenvalue weighted by molar-refractivity contribution is -0.137. The summed E-state index contributed by atoms with van der Waals surface area (Å²) in [7, 11) is 0. The van der Waals surface area contributed by atoms with Crippen LogP contribution in [0.25, 0.3) is 0 Å². The summed E-state index contributed by atoms with van der Waals surface area (Å²) in [5, 5.41) is 0. The zero-order chi connectivity index (χ0) is 16.4. The number of hydrogen-bond acceptors (Lipinski definition) is 2. The second-order valence-electron chi connectivity index (χ2n) is 5.57. The van der Waals surface area contributed by atoms with Crippen molar-refractivity contribution in [2.75, 3.05) is 0 Å². The van der Waals surface area contributed by atoms with Crippen molar-refractivity contribution < 1.29 is 18.0 Å². The minimum Gasteiger partial charge on any atom is -0.330 e. The third-order valence-electron chi connectivity index (χ3n) is 3.77. The molecule has 0 spiro atoms. The van der Waals surface area contributed by atoms with Gasteiger partial charge in [0.2, 0.25) is 0 Å². The zero-order valence-electron chi connectivity index (χ0n) is 12.3. The zero-order valence-corrected chi connectivity index (χ0v) is 12.3. The Kier molecular flexibility index (Phi) is 4.07. The van der Waals surface area contributed by atoms with Gasteiger partial charge in [0, 0.05) is 18.8 Å². The molecule has 1 saturated carbocycles. The maximum atomic E-state index is 12.6. The minimum absolute atomic E-state index is 0.145. The van der Waals surface area contributed by atoms with Crippen LogP contribution in [0.1, 0.15) is 34.5 Å². The fourth-order valence-electron chi connectivity index (χ4n) is 2.39. The highest BCUT2D eigenvalue weighted by atomic mass is 19.4. The maximum Gasteiger partial charge on any atom is 0.416 e. The van der Waals surface area contributed by atoms with Gasteiger partial charge in [0.05, 0.1) is 5.56 Å². The van der Waals surface area contributed by atoms with Crippen LogP contribution in [-0.4, -0.2) is 21.8 Å². The number of nitrogens with zero attached hydrogens (tertiary/aromatic N) is 2. The number of carbonyl (C=O) groups is 1. The summed E-state index contributed by atoms with van der Waals surface area (Å²) in [4.78, 5) is 18.3. The number of amides is 1. The molecular weight excluding hydrogens is 305 g/mol. The monoisotopic (exact) mass is 320 g/mol. The van der Waals surface area contributed by atoms with Crippen LogP contribution < -0.4 is 0 Å². The first-order chi connectivity index (χ1) is 10.9. The number of pyridine rings is 1. The maximum absolute atomic E-state index is 12.6. The van der Waals surface area contributed by atoms with Gasteiger partial charge in [-0.3, -0.25) is 9.78 Å². The van der Waals surface area contributed by atoms with E-state index in [-0.39, 0.29) is 18.5 Å². The summed E-state index contributed by atoms with van der Waals surface area (Å²) in [6.07, 6.45) is -0.965. The lowest BCUT2D eigenvalue weighted by Crippen LogP contribution is -2.33. The van der Waals surface area contributed by atoms with Gasteiger partial charge in [-0.25, -0.2) is 0 Å². The van der Waals surface area contributed by atoms with Gasteiger partial charge in [-0.1, -0.05) is 18.2 Å². The van der Waals surface area contributed by atoms with Crippen LogP contribution in [0.15, 0.2) is 48.7 Å². The molecule has 1 aromatic heterocycles. The molecule has 0 N–H and O–H groups in total. The molecular formula is C17H15F3N2O. The van der Waals surface area contributed by atoms with Gasteiger partial charge in [-0.2, -0.15) is 13.2 Å². The van der Waals surface area contributed by atoms with Crippen molar-refractivity contribution in [3.05, 3.63) is 65.5 Å². The first kappa shape index (κ1) is 15.5. The molecule has 0 aliphatic heterocycles. The third-order valence-corrected chi connectivity index (χ3v) is 3.77. The van der Waals surface area contributed by atoms with Crippen LogP contribution in [-0.2, 0) is 12.7 Å². The van der Waals surface area contributed by atoms with Crippen molar-refractivity contribution in [3.8, 4) is 0 Å². The summed E-state index contributed by atoms with van der Waals surface area (Å²) in [6.45, 7) is 0.290. The fourth-order valence-corrected chi connectivity index (χ4v) is 2.39. The third kappa shape index (κ3) is 3.70. The number of halogens is 3. The highest BCUT2D eigenvalue weighted by Gasteiger charge is 2.34. The molecule has 1 heterocycles. The second kappa shape index (κ2) is 6.02. The van der Waals surface area contributed by atoms with Crippen molar-refractivity contribution >= 4 is 5.91 Å².